The van der Waals surface area contributed by atoms with Gasteiger partial charge in [-0.25, -0.2) is 9.59 Å². The van der Waals surface area contributed by atoms with E-state index in [9.17, 15) is 19.2 Å². The van der Waals surface area contributed by atoms with E-state index in [0.717, 1.165) is 32.4 Å². The quantitative estimate of drug-likeness (QED) is 0.413. The van der Waals surface area contributed by atoms with Crippen molar-refractivity contribution in [3.8, 4) is 11.5 Å². The first-order chi connectivity index (χ1) is 15.4. The van der Waals surface area contributed by atoms with Gasteiger partial charge in [-0.3, -0.25) is 14.9 Å². The maximum atomic E-state index is 12.3. The largest absolute Gasteiger partial charge is 0.490 e. The van der Waals surface area contributed by atoms with Crippen molar-refractivity contribution in [2.75, 3.05) is 39.5 Å². The number of amides is 4. The summed E-state index contributed by atoms with van der Waals surface area (Å²) >= 11 is 0. The predicted molar refractivity (Wildman–Crippen MR) is 116 cm³/mol. The molecule has 1 aromatic carbocycles. The van der Waals surface area contributed by atoms with Crippen molar-refractivity contribution < 1.29 is 33.4 Å². The van der Waals surface area contributed by atoms with Crippen LogP contribution >= 0.6 is 0 Å². The van der Waals surface area contributed by atoms with Crippen molar-refractivity contribution in [1.29, 1.82) is 0 Å². The normalized spacial score (nSPS) is 13.0. The van der Waals surface area contributed by atoms with Gasteiger partial charge in [0.15, 0.2) is 24.7 Å². The Labute approximate surface area is 186 Å². The van der Waals surface area contributed by atoms with Crippen LogP contribution in [0.5, 0.6) is 11.5 Å². The summed E-state index contributed by atoms with van der Waals surface area (Å²) in [6.07, 6.45) is 4.56. The first-order valence-electron chi connectivity index (χ1n) is 10.5. The van der Waals surface area contributed by atoms with Gasteiger partial charge >= 0.3 is 12.0 Å². The summed E-state index contributed by atoms with van der Waals surface area (Å²) < 4.78 is 16.1. The van der Waals surface area contributed by atoms with Crippen molar-refractivity contribution in [2.45, 2.75) is 26.2 Å². The van der Waals surface area contributed by atoms with E-state index >= 15 is 0 Å². The summed E-state index contributed by atoms with van der Waals surface area (Å²) in [5, 5.41) is 4.39. The van der Waals surface area contributed by atoms with E-state index in [4.69, 9.17) is 14.2 Å². The molecule has 4 amide bonds. The Hall–Kier alpha value is -3.56. The Balaban J connectivity index is 1.91. The Bertz CT molecular complexity index is 835. The number of carbonyl (C=O) groups excluding carboxylic acids is 4. The second kappa shape index (κ2) is 13.0. The Morgan fingerprint density at radius 3 is 2.50 bits per heavy atom. The van der Waals surface area contributed by atoms with Crippen LogP contribution in [0.4, 0.5) is 4.79 Å². The molecule has 1 aliphatic heterocycles. The molecule has 1 heterocycles. The van der Waals surface area contributed by atoms with Crippen molar-refractivity contribution in [3.05, 3.63) is 36.4 Å². The third-order valence-corrected chi connectivity index (χ3v) is 4.53. The van der Waals surface area contributed by atoms with Gasteiger partial charge in [-0.2, -0.15) is 0 Å². The number of urea groups is 1. The van der Waals surface area contributed by atoms with E-state index in [2.05, 4.69) is 11.9 Å². The van der Waals surface area contributed by atoms with Gasteiger partial charge in [-0.1, -0.05) is 6.08 Å². The number of nitrogens with one attached hydrogen (secondary N) is 2. The lowest BCUT2D eigenvalue weighted by atomic mass is 10.1. The first kappa shape index (κ1) is 24.7. The topological polar surface area (TPSA) is 123 Å². The number of hydrogen-bond acceptors (Lipinski definition) is 7. The molecule has 0 spiro atoms. The SMILES string of the molecule is C=CCNC(=O)NC(=O)COC(=O)c1ccc(OCC(=O)N2CCCCC2)c(OCC)c1. The zero-order valence-electron chi connectivity index (χ0n) is 18.2. The smallest absolute Gasteiger partial charge is 0.338 e. The summed E-state index contributed by atoms with van der Waals surface area (Å²) in [7, 11) is 0. The summed E-state index contributed by atoms with van der Waals surface area (Å²) in [5.74, 6) is -1.05. The third kappa shape index (κ3) is 7.93. The second-order valence-electron chi connectivity index (χ2n) is 6.95. The number of imide groups is 1. The number of piperidine rings is 1. The average Bonchev–Trinajstić information content (AvgIpc) is 2.80. The van der Waals surface area contributed by atoms with E-state index < -0.39 is 24.5 Å². The molecule has 0 aliphatic carbocycles. The van der Waals surface area contributed by atoms with Crippen molar-refractivity contribution in [3.63, 3.8) is 0 Å². The molecule has 0 saturated carbocycles. The molecule has 32 heavy (non-hydrogen) atoms. The van der Waals surface area contributed by atoms with Gasteiger partial charge in [0.05, 0.1) is 12.2 Å². The highest BCUT2D eigenvalue weighted by Crippen LogP contribution is 2.29. The molecule has 10 nitrogen and oxygen atoms in total. The molecule has 0 bridgehead atoms. The Morgan fingerprint density at radius 2 is 1.81 bits per heavy atom. The molecular formula is C22H29N3O7. The number of nitrogens with zero attached hydrogens (tertiary/aromatic N) is 1. The van der Waals surface area contributed by atoms with Crippen LogP contribution in [-0.2, 0) is 14.3 Å². The van der Waals surface area contributed by atoms with Crippen LogP contribution in [0.1, 0.15) is 36.5 Å². The van der Waals surface area contributed by atoms with Crippen LogP contribution in [-0.4, -0.2) is 68.2 Å². The number of benzene rings is 1. The van der Waals surface area contributed by atoms with Gasteiger partial charge in [0.1, 0.15) is 0 Å². The molecule has 0 atom stereocenters. The molecule has 1 saturated heterocycles. The van der Waals surface area contributed by atoms with Gasteiger partial charge in [0.2, 0.25) is 0 Å². The fraction of sp³-hybridized carbons (Fsp3) is 0.455. The molecule has 1 aromatic rings. The monoisotopic (exact) mass is 447 g/mol. The summed E-state index contributed by atoms with van der Waals surface area (Å²) in [6, 6.07) is 3.65. The highest BCUT2D eigenvalue weighted by Gasteiger charge is 2.19. The van der Waals surface area contributed by atoms with Gasteiger partial charge < -0.3 is 24.4 Å². The number of carbonyl (C=O) groups is 4. The Kier molecular flexibility index (Phi) is 10.0. The van der Waals surface area contributed by atoms with Crippen LogP contribution in [0.3, 0.4) is 0 Å². The van der Waals surface area contributed by atoms with Gasteiger partial charge in [0, 0.05) is 19.6 Å². The van der Waals surface area contributed by atoms with Crippen molar-refractivity contribution >= 4 is 23.8 Å². The lowest BCUT2D eigenvalue weighted by Gasteiger charge is -2.26. The lowest BCUT2D eigenvalue weighted by molar-refractivity contribution is -0.134. The maximum absolute atomic E-state index is 12.3. The summed E-state index contributed by atoms with van der Waals surface area (Å²) in [6.45, 7) is 6.42. The van der Waals surface area contributed by atoms with Gasteiger partial charge in [-0.15, -0.1) is 6.58 Å². The number of ether oxygens (including phenoxy) is 3. The third-order valence-electron chi connectivity index (χ3n) is 4.53. The van der Waals surface area contributed by atoms with E-state index in [0.29, 0.717) is 12.4 Å². The minimum Gasteiger partial charge on any atom is -0.490 e. The molecule has 0 radical (unpaired) electrons. The maximum Gasteiger partial charge on any atom is 0.338 e. The van der Waals surface area contributed by atoms with Gasteiger partial charge in [-0.05, 0) is 44.4 Å². The first-order valence-corrected chi connectivity index (χ1v) is 10.5. The van der Waals surface area contributed by atoms with Crippen molar-refractivity contribution in [1.82, 2.24) is 15.5 Å². The fourth-order valence-corrected chi connectivity index (χ4v) is 2.98. The molecule has 2 rings (SSSR count). The lowest BCUT2D eigenvalue weighted by Crippen LogP contribution is -2.41. The molecule has 0 aromatic heterocycles. The zero-order chi connectivity index (χ0) is 23.3. The predicted octanol–water partition coefficient (Wildman–Crippen LogP) is 1.65. The van der Waals surface area contributed by atoms with Crippen LogP contribution in [0.15, 0.2) is 30.9 Å². The van der Waals surface area contributed by atoms with Crippen LogP contribution in [0.25, 0.3) is 0 Å². The summed E-state index contributed by atoms with van der Waals surface area (Å²) in [4.78, 5) is 49.5. The average molecular weight is 447 g/mol. The van der Waals surface area contributed by atoms with E-state index in [1.54, 1.807) is 11.8 Å². The molecule has 1 aliphatic rings. The number of esters is 1. The molecular weight excluding hydrogens is 418 g/mol. The molecule has 1 fully saturated rings. The minimum atomic E-state index is -0.777. The summed E-state index contributed by atoms with van der Waals surface area (Å²) in [5.41, 5.74) is 0.132. The van der Waals surface area contributed by atoms with Crippen molar-refractivity contribution in [2.24, 2.45) is 0 Å². The second-order valence-corrected chi connectivity index (χ2v) is 6.95. The highest BCUT2D eigenvalue weighted by atomic mass is 16.5. The number of likely N-dealkylation sites (tertiary alicyclic amines) is 1. The van der Waals surface area contributed by atoms with Crippen LogP contribution < -0.4 is 20.1 Å². The molecule has 174 valence electrons. The van der Waals surface area contributed by atoms with Crippen LogP contribution in [0, 0.1) is 0 Å². The number of rotatable bonds is 10. The standard InChI is InChI=1S/C22H29N3O7/c1-3-10-23-22(29)24-19(26)14-32-21(28)16-8-9-17(18(13-16)30-4-2)31-15-20(27)25-11-6-5-7-12-25/h3,8-9,13H,1,4-7,10-12,14-15H2,2H3,(H2,23,24,26,29). The Morgan fingerprint density at radius 1 is 1.06 bits per heavy atom. The molecule has 10 heteroatoms. The van der Waals surface area contributed by atoms with E-state index in [1.807, 2.05) is 5.32 Å². The highest BCUT2D eigenvalue weighted by molar-refractivity contribution is 5.97. The van der Waals surface area contributed by atoms with E-state index in [1.165, 1.54) is 24.3 Å². The fourth-order valence-electron chi connectivity index (χ4n) is 2.98. The molecule has 2 N–H and O–H groups in total. The van der Waals surface area contributed by atoms with E-state index in [-0.39, 0.29) is 30.4 Å². The van der Waals surface area contributed by atoms with Gasteiger partial charge in [0.25, 0.3) is 11.8 Å². The van der Waals surface area contributed by atoms with Crippen LogP contribution in [0.2, 0.25) is 0 Å². The number of hydrogen-bond donors (Lipinski definition) is 2. The molecule has 0 unspecified atom stereocenters. The minimum absolute atomic E-state index is 0.0984. The zero-order valence-corrected chi connectivity index (χ0v) is 18.2.